The van der Waals surface area contributed by atoms with Crippen LogP contribution in [0, 0.1) is 6.92 Å². The molecule has 0 spiro atoms. The lowest BCUT2D eigenvalue weighted by Gasteiger charge is -2.16. The lowest BCUT2D eigenvalue weighted by molar-refractivity contribution is -0.139. The molecule has 0 aliphatic carbocycles. The Bertz CT molecular complexity index is 1540. The summed E-state index contributed by atoms with van der Waals surface area (Å²) in [4.78, 5) is 28.6. The van der Waals surface area contributed by atoms with Gasteiger partial charge in [-0.2, -0.15) is 13.2 Å². The number of hydrogen-bond acceptors (Lipinski definition) is 6. The number of nitrogens with one attached hydrogen (secondary N) is 1. The van der Waals surface area contributed by atoms with Gasteiger partial charge in [0.15, 0.2) is 5.78 Å². The first-order chi connectivity index (χ1) is 20.0. The molecular weight excluding hydrogens is 549 g/mol. The van der Waals surface area contributed by atoms with Crippen molar-refractivity contribution in [2.45, 2.75) is 38.9 Å². The van der Waals surface area contributed by atoms with Crippen LogP contribution in [-0.4, -0.2) is 34.5 Å². The molecule has 0 radical (unpaired) electrons. The fraction of sp³-hybridized carbons (Fsp3) is 0.219. The zero-order valence-electron chi connectivity index (χ0n) is 22.9. The number of halogens is 3. The summed E-state index contributed by atoms with van der Waals surface area (Å²) in [6, 6.07) is 19.4. The first kappa shape index (κ1) is 30.1. The van der Waals surface area contributed by atoms with Crippen molar-refractivity contribution in [3.8, 4) is 17.2 Å². The van der Waals surface area contributed by atoms with Crippen LogP contribution in [0.3, 0.4) is 0 Å². The summed E-state index contributed by atoms with van der Waals surface area (Å²) >= 11 is 0. The molecule has 7 nitrogen and oxygen atoms in total. The van der Waals surface area contributed by atoms with Gasteiger partial charge in [-0.1, -0.05) is 42.5 Å². The van der Waals surface area contributed by atoms with Gasteiger partial charge in [0.25, 0.3) is 0 Å². The normalized spacial score (nSPS) is 12.5. The van der Waals surface area contributed by atoms with Gasteiger partial charge in [0.1, 0.15) is 17.6 Å². The molecule has 1 unspecified atom stereocenters. The van der Waals surface area contributed by atoms with Crippen molar-refractivity contribution >= 4 is 11.8 Å². The number of ketones is 1. The molecule has 0 fully saturated rings. The fourth-order valence-corrected chi connectivity index (χ4v) is 4.21. The molecule has 2 N–H and O–H groups in total. The lowest BCUT2D eigenvalue weighted by atomic mass is 10.1. The van der Waals surface area contributed by atoms with Crippen LogP contribution in [0.15, 0.2) is 95.1 Å². The first-order valence-electron chi connectivity index (χ1n) is 13.1. The minimum atomic E-state index is -4.42. The summed E-state index contributed by atoms with van der Waals surface area (Å²) < 4.78 is 49.9. The van der Waals surface area contributed by atoms with Gasteiger partial charge >= 0.3 is 12.1 Å². The average molecular weight is 579 g/mol. The Balaban J connectivity index is 1.30. The van der Waals surface area contributed by atoms with Crippen molar-refractivity contribution in [3.05, 3.63) is 119 Å². The summed E-state index contributed by atoms with van der Waals surface area (Å²) in [5.41, 5.74) is 2.05. The third kappa shape index (κ3) is 8.09. The molecule has 0 aliphatic heterocycles. The predicted octanol–water partition coefficient (Wildman–Crippen LogP) is 6.66. The van der Waals surface area contributed by atoms with Crippen molar-refractivity contribution in [1.82, 2.24) is 10.3 Å². The number of aryl methyl sites for hydroxylation is 1. The van der Waals surface area contributed by atoms with Crippen LogP contribution in [0.1, 0.15) is 39.9 Å². The van der Waals surface area contributed by atoms with Gasteiger partial charge in [-0.3, -0.25) is 4.79 Å². The summed E-state index contributed by atoms with van der Waals surface area (Å²) in [7, 11) is 0. The van der Waals surface area contributed by atoms with Gasteiger partial charge in [-0.15, -0.1) is 0 Å². The molecule has 4 aromatic rings. The fourth-order valence-electron chi connectivity index (χ4n) is 4.21. The summed E-state index contributed by atoms with van der Waals surface area (Å²) in [5.74, 6) is 0.0894. The van der Waals surface area contributed by atoms with Gasteiger partial charge in [0.05, 0.1) is 17.9 Å². The van der Waals surface area contributed by atoms with Crippen LogP contribution in [0.5, 0.6) is 5.75 Å². The molecule has 3 aromatic carbocycles. The van der Waals surface area contributed by atoms with E-state index in [0.29, 0.717) is 40.4 Å². The largest absolute Gasteiger partial charge is 0.493 e. The molecule has 0 bridgehead atoms. The molecule has 42 heavy (non-hydrogen) atoms. The van der Waals surface area contributed by atoms with Crippen molar-refractivity contribution in [2.24, 2.45) is 0 Å². The Morgan fingerprint density at radius 2 is 1.69 bits per heavy atom. The SMILES string of the molecule is C/C(=C/C(=O)c1ccccc1)NC(Cc1ccc(OCCc2nc(-c3ccc(C(F)(F)F)cc3)oc2C)cc1)C(=O)O. The van der Waals surface area contributed by atoms with E-state index in [9.17, 15) is 27.9 Å². The maximum atomic E-state index is 12.8. The van der Waals surface area contributed by atoms with Crippen LogP contribution in [0.25, 0.3) is 11.5 Å². The van der Waals surface area contributed by atoms with Gasteiger partial charge < -0.3 is 19.6 Å². The number of aliphatic carboxylic acids is 1. The number of rotatable bonds is 12. The maximum absolute atomic E-state index is 12.8. The van der Waals surface area contributed by atoms with E-state index < -0.39 is 23.8 Å². The minimum absolute atomic E-state index is 0.186. The maximum Gasteiger partial charge on any atom is 0.416 e. The average Bonchev–Trinajstić information content (AvgIpc) is 3.33. The van der Waals surface area contributed by atoms with E-state index in [4.69, 9.17) is 9.15 Å². The zero-order chi connectivity index (χ0) is 30.3. The lowest BCUT2D eigenvalue weighted by Crippen LogP contribution is -2.37. The van der Waals surface area contributed by atoms with E-state index in [1.165, 1.54) is 18.2 Å². The highest BCUT2D eigenvalue weighted by atomic mass is 19.4. The minimum Gasteiger partial charge on any atom is -0.493 e. The number of carbonyl (C=O) groups is 2. The number of allylic oxidation sites excluding steroid dienone is 2. The predicted molar refractivity (Wildman–Crippen MR) is 150 cm³/mol. The zero-order valence-corrected chi connectivity index (χ0v) is 22.9. The van der Waals surface area contributed by atoms with Gasteiger partial charge in [0, 0.05) is 35.7 Å². The standard InChI is InChI=1S/C32H29F3N2O5/c1-20(18-29(38)23-6-4-3-5-7-23)36-28(31(39)40)19-22-8-14-26(15-9-22)41-17-16-27-21(2)42-30(37-27)24-10-12-25(13-11-24)32(33,34)35/h3-15,18,28,36H,16-17,19H2,1-2H3,(H,39,40)/b20-18-. The monoisotopic (exact) mass is 578 g/mol. The molecule has 0 amide bonds. The Hall–Kier alpha value is -4.86. The van der Waals surface area contributed by atoms with Gasteiger partial charge in [-0.05, 0) is 55.8 Å². The van der Waals surface area contributed by atoms with Crippen LogP contribution < -0.4 is 10.1 Å². The van der Waals surface area contributed by atoms with E-state index in [-0.39, 0.29) is 24.7 Å². The third-order valence-corrected chi connectivity index (χ3v) is 6.43. The van der Waals surface area contributed by atoms with Crippen molar-refractivity contribution in [3.63, 3.8) is 0 Å². The Morgan fingerprint density at radius 1 is 1.02 bits per heavy atom. The van der Waals surface area contributed by atoms with Crippen LogP contribution in [-0.2, 0) is 23.8 Å². The molecule has 4 rings (SSSR count). The molecule has 0 aliphatic rings. The number of carboxylic acid groups (broad SMARTS) is 1. The summed E-state index contributed by atoms with van der Waals surface area (Å²) in [6.07, 6.45) is -2.44. The molecule has 1 atom stereocenters. The molecule has 0 saturated carbocycles. The number of alkyl halides is 3. The van der Waals surface area contributed by atoms with Crippen LogP contribution in [0.2, 0.25) is 0 Å². The van der Waals surface area contributed by atoms with Crippen LogP contribution >= 0.6 is 0 Å². The van der Waals surface area contributed by atoms with E-state index in [1.54, 1.807) is 62.4 Å². The highest BCUT2D eigenvalue weighted by molar-refractivity contribution is 6.04. The first-order valence-corrected chi connectivity index (χ1v) is 13.1. The Kier molecular flexibility index (Phi) is 9.46. The Labute approximate surface area is 240 Å². The second kappa shape index (κ2) is 13.2. The van der Waals surface area contributed by atoms with Gasteiger partial charge in [-0.25, -0.2) is 9.78 Å². The second-order valence-electron chi connectivity index (χ2n) is 9.64. The van der Waals surface area contributed by atoms with E-state index in [2.05, 4.69) is 10.3 Å². The van der Waals surface area contributed by atoms with E-state index in [0.717, 1.165) is 17.7 Å². The second-order valence-corrected chi connectivity index (χ2v) is 9.64. The summed E-state index contributed by atoms with van der Waals surface area (Å²) in [6.45, 7) is 3.65. The topological polar surface area (TPSA) is 102 Å². The number of aromatic nitrogens is 1. The summed E-state index contributed by atoms with van der Waals surface area (Å²) in [5, 5.41) is 12.6. The molecule has 1 heterocycles. The van der Waals surface area contributed by atoms with Crippen molar-refractivity contribution in [2.75, 3.05) is 6.61 Å². The van der Waals surface area contributed by atoms with E-state index in [1.807, 2.05) is 6.07 Å². The number of oxazole rings is 1. The smallest absolute Gasteiger partial charge is 0.416 e. The number of carboxylic acids is 1. The number of ether oxygens (including phenoxy) is 1. The highest BCUT2D eigenvalue weighted by Gasteiger charge is 2.30. The van der Waals surface area contributed by atoms with Crippen molar-refractivity contribution in [1.29, 1.82) is 0 Å². The number of benzene rings is 3. The number of nitrogens with zero attached hydrogens (tertiary/aromatic N) is 1. The molecule has 10 heteroatoms. The van der Waals surface area contributed by atoms with Crippen LogP contribution in [0.4, 0.5) is 13.2 Å². The third-order valence-electron chi connectivity index (χ3n) is 6.43. The molecule has 1 aromatic heterocycles. The molecule has 218 valence electrons. The highest BCUT2D eigenvalue weighted by Crippen LogP contribution is 2.31. The quantitative estimate of drug-likeness (QED) is 0.143. The van der Waals surface area contributed by atoms with E-state index >= 15 is 0 Å². The number of hydrogen-bond donors (Lipinski definition) is 2. The Morgan fingerprint density at radius 3 is 2.31 bits per heavy atom. The molecule has 0 saturated heterocycles. The number of carbonyl (C=O) groups excluding carboxylic acids is 1. The van der Waals surface area contributed by atoms with Gasteiger partial charge in [0.2, 0.25) is 5.89 Å². The molecular formula is C32H29F3N2O5. The van der Waals surface area contributed by atoms with Crippen molar-refractivity contribution < 1.29 is 37.0 Å².